The Labute approximate surface area is 117 Å². The zero-order valence-corrected chi connectivity index (χ0v) is 11.8. The highest BCUT2D eigenvalue weighted by Gasteiger charge is 2.16. The first-order chi connectivity index (χ1) is 9.19. The van der Waals surface area contributed by atoms with Crippen LogP contribution in [0.2, 0.25) is 0 Å². The Morgan fingerprint density at radius 3 is 3.21 bits per heavy atom. The molecular weight excluding hydrogens is 262 g/mol. The number of hydrogen-bond donors (Lipinski definition) is 1. The van der Waals surface area contributed by atoms with E-state index in [0.717, 1.165) is 37.1 Å². The Morgan fingerprint density at radius 1 is 1.58 bits per heavy atom. The van der Waals surface area contributed by atoms with E-state index in [2.05, 4.69) is 16.1 Å². The van der Waals surface area contributed by atoms with E-state index < -0.39 is 0 Å². The Hall–Kier alpha value is -1.36. The van der Waals surface area contributed by atoms with Gasteiger partial charge in [0, 0.05) is 23.9 Å². The summed E-state index contributed by atoms with van der Waals surface area (Å²) in [6.07, 6.45) is 4.64. The second kappa shape index (κ2) is 6.70. The van der Waals surface area contributed by atoms with Gasteiger partial charge in [0.2, 0.25) is 5.91 Å². The van der Waals surface area contributed by atoms with Gasteiger partial charge in [0.15, 0.2) is 0 Å². The molecule has 1 aliphatic rings. The van der Waals surface area contributed by atoms with Gasteiger partial charge in [-0.1, -0.05) is 0 Å². The molecule has 0 aliphatic carbocycles. The van der Waals surface area contributed by atoms with Gasteiger partial charge in [-0.15, -0.1) is 11.3 Å². The number of aryl methyl sites for hydroxylation is 1. The summed E-state index contributed by atoms with van der Waals surface area (Å²) in [4.78, 5) is 24.3. The number of esters is 1. The molecule has 1 aliphatic heterocycles. The lowest BCUT2D eigenvalue weighted by Crippen LogP contribution is -2.21. The van der Waals surface area contributed by atoms with E-state index in [1.54, 1.807) is 0 Å². The standard InChI is InChI=1S/C14H18NO3S/c1-18-14(17)12-6-5-11(19-12)4-2-10-3-7-13(16)15-9-8-10/h5,10H,2-4,7-9H2,1H3,(H,15,16). The fourth-order valence-corrected chi connectivity index (χ4v) is 3.16. The molecule has 103 valence electrons. The first-order valence-corrected chi connectivity index (χ1v) is 7.36. The van der Waals surface area contributed by atoms with E-state index >= 15 is 0 Å². The third-order valence-electron chi connectivity index (χ3n) is 3.42. The molecule has 0 bridgehead atoms. The molecule has 1 atom stereocenters. The number of carbonyl (C=O) groups is 2. The SMILES string of the molecule is COC(=O)c1[c]cc(CCC2CCNC(=O)CC2)s1. The topological polar surface area (TPSA) is 55.4 Å². The van der Waals surface area contributed by atoms with Crippen molar-refractivity contribution in [1.29, 1.82) is 0 Å². The van der Waals surface area contributed by atoms with Gasteiger partial charge in [0.05, 0.1) is 7.11 Å². The summed E-state index contributed by atoms with van der Waals surface area (Å²) in [6.45, 7) is 0.785. The van der Waals surface area contributed by atoms with Gasteiger partial charge < -0.3 is 10.1 Å². The lowest BCUT2D eigenvalue weighted by molar-refractivity contribution is -0.120. The summed E-state index contributed by atoms with van der Waals surface area (Å²) in [7, 11) is 1.38. The molecule has 5 heteroatoms. The average molecular weight is 280 g/mol. The minimum absolute atomic E-state index is 0.167. The molecule has 1 unspecified atom stereocenters. The molecule has 2 rings (SSSR count). The summed E-state index contributed by atoms with van der Waals surface area (Å²) in [5.74, 6) is 0.433. The number of methoxy groups -OCH3 is 1. The summed E-state index contributed by atoms with van der Waals surface area (Å²) in [6, 6.07) is 4.81. The van der Waals surface area contributed by atoms with Crippen LogP contribution in [0.3, 0.4) is 0 Å². The Bertz CT molecular complexity index is 455. The number of hydrogen-bond acceptors (Lipinski definition) is 4. The van der Waals surface area contributed by atoms with Crippen LogP contribution < -0.4 is 5.32 Å². The summed E-state index contributed by atoms with van der Waals surface area (Å²) in [5, 5.41) is 2.90. The molecule has 2 heterocycles. The van der Waals surface area contributed by atoms with Gasteiger partial charge in [-0.3, -0.25) is 4.79 Å². The van der Waals surface area contributed by atoms with Crippen molar-refractivity contribution in [3.8, 4) is 0 Å². The van der Waals surface area contributed by atoms with Crippen LogP contribution in [0.25, 0.3) is 0 Å². The molecule has 1 fully saturated rings. The van der Waals surface area contributed by atoms with E-state index in [4.69, 9.17) is 0 Å². The second-order valence-electron chi connectivity index (χ2n) is 4.76. The Balaban J connectivity index is 1.83. The highest BCUT2D eigenvalue weighted by atomic mass is 32.1. The lowest BCUT2D eigenvalue weighted by Gasteiger charge is -2.11. The average Bonchev–Trinajstić information content (AvgIpc) is 2.79. The van der Waals surface area contributed by atoms with E-state index in [9.17, 15) is 9.59 Å². The van der Waals surface area contributed by atoms with Gasteiger partial charge in [-0.25, -0.2) is 4.79 Å². The molecule has 0 saturated carbocycles. The molecule has 1 saturated heterocycles. The van der Waals surface area contributed by atoms with Gasteiger partial charge in [0.1, 0.15) is 4.88 Å². The summed E-state index contributed by atoms with van der Waals surface area (Å²) < 4.78 is 4.67. The predicted octanol–water partition coefficient (Wildman–Crippen LogP) is 2.18. The fraction of sp³-hybridized carbons (Fsp3) is 0.571. The molecule has 1 aromatic heterocycles. The molecule has 19 heavy (non-hydrogen) atoms. The summed E-state index contributed by atoms with van der Waals surface area (Å²) >= 11 is 1.45. The van der Waals surface area contributed by atoms with Crippen molar-refractivity contribution < 1.29 is 14.3 Å². The van der Waals surface area contributed by atoms with Crippen LogP contribution in [0.5, 0.6) is 0 Å². The molecule has 1 N–H and O–H groups in total. The molecule has 1 aromatic rings. The van der Waals surface area contributed by atoms with Gasteiger partial charge in [0.25, 0.3) is 0 Å². The zero-order valence-electron chi connectivity index (χ0n) is 11.0. The van der Waals surface area contributed by atoms with Gasteiger partial charge >= 0.3 is 5.97 Å². The van der Waals surface area contributed by atoms with E-state index in [1.807, 2.05) is 6.07 Å². The van der Waals surface area contributed by atoms with Gasteiger partial charge in [-0.2, -0.15) is 0 Å². The van der Waals surface area contributed by atoms with Crippen molar-refractivity contribution in [1.82, 2.24) is 5.32 Å². The maximum Gasteiger partial charge on any atom is 0.348 e. The third-order valence-corrected chi connectivity index (χ3v) is 4.49. The number of carbonyl (C=O) groups excluding carboxylic acids is 2. The second-order valence-corrected chi connectivity index (χ2v) is 5.90. The smallest absolute Gasteiger partial charge is 0.348 e. The Kier molecular flexibility index (Phi) is 4.96. The Morgan fingerprint density at radius 2 is 2.42 bits per heavy atom. The van der Waals surface area contributed by atoms with Crippen molar-refractivity contribution in [2.45, 2.75) is 32.1 Å². The fourth-order valence-electron chi connectivity index (χ4n) is 2.27. The maximum atomic E-state index is 11.3. The molecule has 0 spiro atoms. The number of rotatable bonds is 4. The molecule has 0 aromatic carbocycles. The number of nitrogens with one attached hydrogen (secondary N) is 1. The van der Waals surface area contributed by atoms with Crippen LogP contribution in [0.1, 0.15) is 40.2 Å². The van der Waals surface area contributed by atoms with Crippen molar-refractivity contribution in [3.05, 3.63) is 21.9 Å². The van der Waals surface area contributed by atoms with Crippen molar-refractivity contribution >= 4 is 23.2 Å². The zero-order chi connectivity index (χ0) is 13.7. The molecule has 4 nitrogen and oxygen atoms in total. The number of thiophene rings is 1. The highest BCUT2D eigenvalue weighted by Crippen LogP contribution is 2.24. The van der Waals surface area contributed by atoms with E-state index in [-0.39, 0.29) is 11.9 Å². The van der Waals surface area contributed by atoms with E-state index in [0.29, 0.717) is 17.2 Å². The highest BCUT2D eigenvalue weighted by molar-refractivity contribution is 7.13. The molecule has 1 radical (unpaired) electrons. The molecule has 1 amide bonds. The predicted molar refractivity (Wildman–Crippen MR) is 73.2 cm³/mol. The summed E-state index contributed by atoms with van der Waals surface area (Å²) in [5.41, 5.74) is 0. The monoisotopic (exact) mass is 280 g/mol. The number of ether oxygens (including phenoxy) is 1. The number of amides is 1. The first kappa shape index (κ1) is 14.1. The largest absolute Gasteiger partial charge is 0.465 e. The van der Waals surface area contributed by atoms with Gasteiger partial charge in [-0.05, 0) is 37.7 Å². The van der Waals surface area contributed by atoms with Crippen LogP contribution in [0.15, 0.2) is 6.07 Å². The van der Waals surface area contributed by atoms with E-state index in [1.165, 1.54) is 18.4 Å². The lowest BCUT2D eigenvalue weighted by atomic mass is 9.95. The van der Waals surface area contributed by atoms with Crippen molar-refractivity contribution in [2.24, 2.45) is 5.92 Å². The quantitative estimate of drug-likeness (QED) is 0.860. The normalized spacial score (nSPS) is 19.6. The minimum Gasteiger partial charge on any atom is -0.465 e. The van der Waals surface area contributed by atoms with Crippen LogP contribution in [-0.2, 0) is 16.0 Å². The first-order valence-electron chi connectivity index (χ1n) is 6.54. The van der Waals surface area contributed by atoms with Crippen molar-refractivity contribution in [2.75, 3.05) is 13.7 Å². The third kappa shape index (κ3) is 4.06. The minimum atomic E-state index is -0.319. The molecular formula is C14H18NO3S. The van der Waals surface area contributed by atoms with Crippen LogP contribution >= 0.6 is 11.3 Å². The van der Waals surface area contributed by atoms with Crippen LogP contribution in [-0.4, -0.2) is 25.5 Å². The van der Waals surface area contributed by atoms with Crippen LogP contribution in [0.4, 0.5) is 0 Å². The van der Waals surface area contributed by atoms with Crippen LogP contribution in [0, 0.1) is 12.0 Å². The van der Waals surface area contributed by atoms with Crippen molar-refractivity contribution in [3.63, 3.8) is 0 Å². The maximum absolute atomic E-state index is 11.3.